The summed E-state index contributed by atoms with van der Waals surface area (Å²) >= 11 is 0. The van der Waals surface area contributed by atoms with Gasteiger partial charge in [0.15, 0.2) is 0 Å². The summed E-state index contributed by atoms with van der Waals surface area (Å²) in [5.41, 5.74) is 2.92. The summed E-state index contributed by atoms with van der Waals surface area (Å²) < 4.78 is 27.9. The lowest BCUT2D eigenvalue weighted by Gasteiger charge is -2.18. The van der Waals surface area contributed by atoms with E-state index >= 15 is 0 Å². The Morgan fingerprint density at radius 2 is 1.59 bits per heavy atom. The van der Waals surface area contributed by atoms with E-state index in [2.05, 4.69) is 33.8 Å². The Kier molecular flexibility index (Phi) is 8.10. The van der Waals surface area contributed by atoms with Crippen molar-refractivity contribution in [2.45, 2.75) is 31.8 Å². The van der Waals surface area contributed by atoms with Gasteiger partial charge in [0.05, 0.1) is 16.8 Å². The van der Waals surface area contributed by atoms with Crippen LogP contribution in [0.15, 0.2) is 78.0 Å². The molecule has 0 aliphatic heterocycles. The molecule has 2 aromatic carbocycles. The van der Waals surface area contributed by atoms with Crippen LogP contribution >= 0.6 is 0 Å². The second kappa shape index (κ2) is 11.0. The molecule has 0 spiro atoms. The van der Waals surface area contributed by atoms with E-state index in [0.717, 1.165) is 30.8 Å². The third-order valence-electron chi connectivity index (χ3n) is 5.14. The zero-order valence-electron chi connectivity index (χ0n) is 18.3. The number of carbonyl (C=O) groups is 1. The van der Waals surface area contributed by atoms with Crippen LogP contribution in [0.1, 0.15) is 35.3 Å². The van der Waals surface area contributed by atoms with Crippen molar-refractivity contribution in [3.8, 4) is 0 Å². The molecule has 0 aliphatic carbocycles. The molecule has 8 heteroatoms. The Morgan fingerprint density at radius 3 is 2.19 bits per heavy atom. The number of anilines is 1. The fourth-order valence-electron chi connectivity index (χ4n) is 3.16. The third kappa shape index (κ3) is 6.46. The van der Waals surface area contributed by atoms with Crippen molar-refractivity contribution in [1.29, 1.82) is 0 Å². The van der Waals surface area contributed by atoms with E-state index in [1.54, 1.807) is 60.9 Å². The lowest BCUT2D eigenvalue weighted by atomic mass is 10.1. The number of nitrogens with one attached hydrogen (secondary N) is 2. The number of nitrogens with zero attached hydrogens (tertiary/aromatic N) is 2. The van der Waals surface area contributed by atoms with Crippen LogP contribution in [0.2, 0.25) is 0 Å². The summed E-state index contributed by atoms with van der Waals surface area (Å²) in [5.74, 6) is -0.255. The standard InChI is InChI=1S/C24H28N4O3S/c1-3-28(4-2)18-20-9-13-23(14-10-20)32(30,31)26-16-19-7-11-21(12-8-19)24(29)27-22-6-5-15-25-17-22/h5-15,17,26H,3-4,16,18H2,1-2H3,(H,27,29). The summed E-state index contributed by atoms with van der Waals surface area (Å²) in [6.07, 6.45) is 3.20. The van der Waals surface area contributed by atoms with E-state index in [4.69, 9.17) is 0 Å². The van der Waals surface area contributed by atoms with E-state index in [1.807, 2.05) is 12.1 Å². The van der Waals surface area contributed by atoms with Gasteiger partial charge in [-0.05, 0) is 60.6 Å². The Labute approximate surface area is 189 Å². The van der Waals surface area contributed by atoms with Crippen molar-refractivity contribution in [3.05, 3.63) is 89.7 Å². The average Bonchev–Trinajstić information content (AvgIpc) is 2.82. The second-order valence-electron chi connectivity index (χ2n) is 7.32. The molecule has 1 heterocycles. The second-order valence-corrected chi connectivity index (χ2v) is 9.09. The first-order valence-electron chi connectivity index (χ1n) is 10.5. The normalized spacial score (nSPS) is 11.5. The van der Waals surface area contributed by atoms with Gasteiger partial charge in [-0.2, -0.15) is 0 Å². The van der Waals surface area contributed by atoms with Gasteiger partial charge in [-0.3, -0.25) is 14.7 Å². The molecule has 0 radical (unpaired) electrons. The van der Waals surface area contributed by atoms with Gasteiger partial charge in [-0.15, -0.1) is 0 Å². The van der Waals surface area contributed by atoms with Crippen molar-refractivity contribution in [2.24, 2.45) is 0 Å². The zero-order valence-corrected chi connectivity index (χ0v) is 19.1. The molecule has 2 N–H and O–H groups in total. The van der Waals surface area contributed by atoms with Crippen LogP contribution in [0.3, 0.4) is 0 Å². The van der Waals surface area contributed by atoms with Crippen LogP contribution in [0.5, 0.6) is 0 Å². The first-order chi connectivity index (χ1) is 15.4. The highest BCUT2D eigenvalue weighted by atomic mass is 32.2. The predicted molar refractivity (Wildman–Crippen MR) is 126 cm³/mol. The van der Waals surface area contributed by atoms with Crippen LogP contribution in [0.4, 0.5) is 5.69 Å². The van der Waals surface area contributed by atoms with E-state index < -0.39 is 10.0 Å². The molecule has 1 aromatic heterocycles. The Balaban J connectivity index is 1.57. The minimum atomic E-state index is -3.63. The molecule has 3 rings (SSSR count). The van der Waals surface area contributed by atoms with Crippen molar-refractivity contribution < 1.29 is 13.2 Å². The zero-order chi connectivity index (χ0) is 23.0. The van der Waals surface area contributed by atoms with Crippen LogP contribution in [-0.2, 0) is 23.1 Å². The van der Waals surface area contributed by atoms with Crippen molar-refractivity contribution >= 4 is 21.6 Å². The maximum Gasteiger partial charge on any atom is 0.255 e. The minimum Gasteiger partial charge on any atom is -0.321 e. The minimum absolute atomic E-state index is 0.133. The number of sulfonamides is 1. The number of carbonyl (C=O) groups excluding carboxylic acids is 1. The van der Waals surface area contributed by atoms with Crippen molar-refractivity contribution in [1.82, 2.24) is 14.6 Å². The molecule has 0 unspecified atom stereocenters. The molecular weight excluding hydrogens is 424 g/mol. The molecular formula is C24H28N4O3S. The number of hydrogen-bond donors (Lipinski definition) is 2. The van der Waals surface area contributed by atoms with Crippen LogP contribution < -0.4 is 10.0 Å². The summed E-state index contributed by atoms with van der Waals surface area (Å²) in [6.45, 7) is 7.03. The number of rotatable bonds is 10. The topological polar surface area (TPSA) is 91.4 Å². The predicted octanol–water partition coefficient (Wildman–Crippen LogP) is 3.65. The molecule has 1 amide bonds. The lowest BCUT2D eigenvalue weighted by Crippen LogP contribution is -2.24. The third-order valence-corrected chi connectivity index (χ3v) is 6.55. The van der Waals surface area contributed by atoms with Crippen LogP contribution in [0, 0.1) is 0 Å². The van der Waals surface area contributed by atoms with Gasteiger partial charge < -0.3 is 5.32 Å². The highest BCUT2D eigenvalue weighted by Crippen LogP contribution is 2.14. The van der Waals surface area contributed by atoms with Gasteiger partial charge in [-0.1, -0.05) is 38.1 Å². The lowest BCUT2D eigenvalue weighted by molar-refractivity contribution is 0.102. The van der Waals surface area contributed by atoms with Crippen LogP contribution in [0.25, 0.3) is 0 Å². The fourth-order valence-corrected chi connectivity index (χ4v) is 4.17. The summed E-state index contributed by atoms with van der Waals surface area (Å²) in [4.78, 5) is 18.8. The van der Waals surface area contributed by atoms with E-state index in [1.165, 1.54) is 0 Å². The van der Waals surface area contributed by atoms with Crippen molar-refractivity contribution in [3.63, 3.8) is 0 Å². The summed E-state index contributed by atoms with van der Waals surface area (Å²) in [5, 5.41) is 2.76. The van der Waals surface area contributed by atoms with Gasteiger partial charge in [0.25, 0.3) is 5.91 Å². The smallest absolute Gasteiger partial charge is 0.255 e. The van der Waals surface area contributed by atoms with Crippen molar-refractivity contribution in [2.75, 3.05) is 18.4 Å². The highest BCUT2D eigenvalue weighted by Gasteiger charge is 2.14. The first kappa shape index (κ1) is 23.6. The molecule has 32 heavy (non-hydrogen) atoms. The molecule has 0 fully saturated rings. The Hall–Kier alpha value is -3.07. The molecule has 0 aliphatic rings. The van der Waals surface area contributed by atoms with E-state index in [9.17, 15) is 13.2 Å². The van der Waals surface area contributed by atoms with Gasteiger partial charge in [-0.25, -0.2) is 13.1 Å². The Bertz CT molecular complexity index is 1110. The van der Waals surface area contributed by atoms with Gasteiger partial charge in [0, 0.05) is 24.8 Å². The highest BCUT2D eigenvalue weighted by molar-refractivity contribution is 7.89. The number of pyridine rings is 1. The Morgan fingerprint density at radius 1 is 0.938 bits per heavy atom. The SMILES string of the molecule is CCN(CC)Cc1ccc(S(=O)(=O)NCc2ccc(C(=O)Nc3cccnc3)cc2)cc1. The monoisotopic (exact) mass is 452 g/mol. The van der Waals surface area contributed by atoms with Crippen LogP contribution in [-0.4, -0.2) is 37.3 Å². The largest absolute Gasteiger partial charge is 0.321 e. The summed E-state index contributed by atoms with van der Waals surface area (Å²) in [7, 11) is -3.63. The molecule has 3 aromatic rings. The number of hydrogen-bond acceptors (Lipinski definition) is 5. The number of benzene rings is 2. The molecule has 0 saturated carbocycles. The maximum absolute atomic E-state index is 12.6. The van der Waals surface area contributed by atoms with Gasteiger partial charge in [0.1, 0.15) is 0 Å². The molecule has 0 atom stereocenters. The quantitative estimate of drug-likeness (QED) is 0.490. The van der Waals surface area contributed by atoms with Gasteiger partial charge >= 0.3 is 0 Å². The molecule has 7 nitrogen and oxygen atoms in total. The number of aromatic nitrogens is 1. The molecule has 168 valence electrons. The molecule has 0 saturated heterocycles. The first-order valence-corrected chi connectivity index (χ1v) is 12.0. The fraction of sp³-hybridized carbons (Fsp3) is 0.250. The van der Waals surface area contributed by atoms with E-state index in [-0.39, 0.29) is 17.3 Å². The maximum atomic E-state index is 12.6. The average molecular weight is 453 g/mol. The summed E-state index contributed by atoms with van der Waals surface area (Å²) in [6, 6.07) is 17.2. The molecule has 0 bridgehead atoms. The van der Waals surface area contributed by atoms with Gasteiger partial charge in [0.2, 0.25) is 10.0 Å². The number of amides is 1. The van der Waals surface area contributed by atoms with E-state index in [0.29, 0.717) is 11.3 Å².